The largest absolute Gasteiger partial charge is 0.379 e. The van der Waals surface area contributed by atoms with Gasteiger partial charge in [-0.3, -0.25) is 9.59 Å². The molecule has 1 aromatic heterocycles. The number of likely N-dealkylation sites (tertiary alicyclic amines) is 1. The Balaban J connectivity index is 1.76. The molecule has 4 rings (SSSR count). The van der Waals surface area contributed by atoms with E-state index in [1.807, 2.05) is 0 Å². The molecule has 0 N–H and O–H groups in total. The minimum absolute atomic E-state index is 0.0591. The zero-order valence-electron chi connectivity index (χ0n) is 18.2. The summed E-state index contributed by atoms with van der Waals surface area (Å²) in [6.07, 6.45) is 2.62. The fourth-order valence-corrected chi connectivity index (χ4v) is 6.15. The summed E-state index contributed by atoms with van der Waals surface area (Å²) >= 11 is 0. The third kappa shape index (κ3) is 4.14. The molecule has 0 radical (unpaired) electrons. The Labute approximate surface area is 182 Å². The lowest BCUT2D eigenvalue weighted by molar-refractivity contribution is 0.0621. The van der Waals surface area contributed by atoms with Gasteiger partial charge >= 0.3 is 0 Å². The van der Waals surface area contributed by atoms with Crippen LogP contribution in [0.25, 0.3) is 10.9 Å². The Morgan fingerprint density at radius 1 is 1.10 bits per heavy atom. The molecule has 2 unspecified atom stereocenters. The molecule has 2 aliphatic heterocycles. The highest BCUT2D eigenvalue weighted by atomic mass is 32.2. The van der Waals surface area contributed by atoms with Gasteiger partial charge in [-0.15, -0.1) is 0 Å². The van der Waals surface area contributed by atoms with Crippen LogP contribution in [0.15, 0.2) is 34.1 Å². The van der Waals surface area contributed by atoms with Crippen molar-refractivity contribution in [3.05, 3.63) is 40.2 Å². The Kier molecular flexibility index (Phi) is 5.93. The van der Waals surface area contributed by atoms with Gasteiger partial charge in [-0.1, -0.05) is 13.8 Å². The first-order chi connectivity index (χ1) is 14.7. The molecule has 9 heteroatoms. The van der Waals surface area contributed by atoms with Crippen molar-refractivity contribution in [2.24, 2.45) is 18.9 Å². The number of hydrogen-bond donors (Lipinski definition) is 0. The predicted molar refractivity (Wildman–Crippen MR) is 118 cm³/mol. The van der Waals surface area contributed by atoms with Crippen molar-refractivity contribution in [1.29, 1.82) is 0 Å². The molecule has 2 aliphatic rings. The summed E-state index contributed by atoms with van der Waals surface area (Å²) in [5.74, 6) is 0.465. The topological polar surface area (TPSA) is 88.9 Å². The fourth-order valence-electron chi connectivity index (χ4n) is 4.72. The Morgan fingerprint density at radius 3 is 2.39 bits per heavy atom. The zero-order valence-corrected chi connectivity index (χ0v) is 19.0. The van der Waals surface area contributed by atoms with E-state index in [4.69, 9.17) is 4.74 Å². The van der Waals surface area contributed by atoms with E-state index in [-0.39, 0.29) is 34.8 Å². The maximum Gasteiger partial charge on any atom is 0.259 e. The lowest BCUT2D eigenvalue weighted by atomic mass is 9.91. The van der Waals surface area contributed by atoms with Crippen LogP contribution >= 0.6 is 0 Å². The molecule has 31 heavy (non-hydrogen) atoms. The number of benzene rings is 1. The van der Waals surface area contributed by atoms with Crippen LogP contribution in [0, 0.1) is 11.8 Å². The van der Waals surface area contributed by atoms with Crippen molar-refractivity contribution in [3.8, 4) is 0 Å². The molecule has 3 heterocycles. The number of fused-ring (bicyclic) bond motifs is 1. The summed E-state index contributed by atoms with van der Waals surface area (Å²) in [7, 11) is -1.98. The second kappa shape index (κ2) is 8.37. The Morgan fingerprint density at radius 2 is 1.74 bits per heavy atom. The smallest absolute Gasteiger partial charge is 0.259 e. The van der Waals surface area contributed by atoms with Gasteiger partial charge in [0.25, 0.3) is 5.91 Å². The number of nitrogens with zero attached hydrogens (tertiary/aromatic N) is 3. The minimum atomic E-state index is -3.74. The van der Waals surface area contributed by atoms with E-state index in [1.165, 1.54) is 16.4 Å². The number of amides is 1. The third-order valence-electron chi connectivity index (χ3n) is 6.15. The zero-order chi connectivity index (χ0) is 22.3. The number of morpholine rings is 1. The van der Waals surface area contributed by atoms with Crippen LogP contribution in [0.2, 0.25) is 0 Å². The number of ether oxygens (including phenoxy) is 1. The van der Waals surface area contributed by atoms with Crippen LogP contribution in [0.4, 0.5) is 0 Å². The van der Waals surface area contributed by atoms with E-state index in [9.17, 15) is 18.0 Å². The summed E-state index contributed by atoms with van der Waals surface area (Å²) < 4.78 is 34.4. The molecule has 2 aromatic rings. The van der Waals surface area contributed by atoms with E-state index in [0.717, 1.165) is 6.42 Å². The van der Waals surface area contributed by atoms with Gasteiger partial charge in [0, 0.05) is 44.8 Å². The SMILES string of the molecule is CC1CC(C)CN(C(=O)c2cn(C)c3ccc(S(=O)(=O)N4CCOCC4)cc3c2=O)C1. The molecule has 0 bridgehead atoms. The summed E-state index contributed by atoms with van der Waals surface area (Å²) in [5, 5.41) is 0.237. The van der Waals surface area contributed by atoms with E-state index in [1.54, 1.807) is 28.8 Å². The highest BCUT2D eigenvalue weighted by molar-refractivity contribution is 7.89. The number of carbonyl (C=O) groups is 1. The van der Waals surface area contributed by atoms with Gasteiger partial charge in [-0.25, -0.2) is 8.42 Å². The van der Waals surface area contributed by atoms with Gasteiger partial charge in [0.05, 0.1) is 23.6 Å². The van der Waals surface area contributed by atoms with Crippen LogP contribution in [0.5, 0.6) is 0 Å². The van der Waals surface area contributed by atoms with E-state index < -0.39 is 15.5 Å². The molecule has 2 saturated heterocycles. The molecule has 0 saturated carbocycles. The van der Waals surface area contributed by atoms with Crippen molar-refractivity contribution in [1.82, 2.24) is 13.8 Å². The quantitative estimate of drug-likeness (QED) is 0.714. The molecular formula is C22H29N3O5S. The van der Waals surface area contributed by atoms with E-state index >= 15 is 0 Å². The van der Waals surface area contributed by atoms with Crippen molar-refractivity contribution in [2.45, 2.75) is 25.2 Å². The average molecular weight is 448 g/mol. The molecule has 1 amide bonds. The van der Waals surface area contributed by atoms with Gasteiger partial charge in [0.2, 0.25) is 15.5 Å². The van der Waals surface area contributed by atoms with E-state index in [0.29, 0.717) is 43.7 Å². The highest BCUT2D eigenvalue weighted by Crippen LogP contribution is 2.24. The molecule has 2 fully saturated rings. The Bertz CT molecular complexity index is 1160. The molecule has 0 aliphatic carbocycles. The first kappa shape index (κ1) is 22.0. The normalized spacial score (nSPS) is 23.3. The molecule has 8 nitrogen and oxygen atoms in total. The number of carbonyl (C=O) groups excluding carboxylic acids is 1. The van der Waals surface area contributed by atoms with Crippen molar-refractivity contribution in [2.75, 3.05) is 39.4 Å². The number of aromatic nitrogens is 1. The van der Waals surface area contributed by atoms with Gasteiger partial charge in [0.1, 0.15) is 5.56 Å². The predicted octanol–water partition coefficient (Wildman–Crippen LogP) is 1.68. The maximum atomic E-state index is 13.3. The van der Waals surface area contributed by atoms with Crippen molar-refractivity contribution >= 4 is 26.8 Å². The highest BCUT2D eigenvalue weighted by Gasteiger charge is 2.30. The van der Waals surface area contributed by atoms with E-state index in [2.05, 4.69) is 13.8 Å². The number of sulfonamides is 1. The summed E-state index contributed by atoms with van der Waals surface area (Å²) in [4.78, 5) is 28.3. The molecular weight excluding hydrogens is 418 g/mol. The lowest BCUT2D eigenvalue weighted by Crippen LogP contribution is -2.44. The van der Waals surface area contributed by atoms with Gasteiger partial charge in [-0.05, 0) is 36.5 Å². The molecule has 0 spiro atoms. The summed E-state index contributed by atoms with van der Waals surface area (Å²) in [6.45, 7) is 6.71. The van der Waals surface area contributed by atoms with Gasteiger partial charge in [0.15, 0.2) is 0 Å². The second-order valence-corrected chi connectivity index (χ2v) is 10.8. The van der Waals surface area contributed by atoms with Gasteiger partial charge < -0.3 is 14.2 Å². The Hall–Kier alpha value is -2.23. The first-order valence-electron chi connectivity index (χ1n) is 10.7. The summed E-state index contributed by atoms with van der Waals surface area (Å²) in [6, 6.07) is 4.55. The van der Waals surface area contributed by atoms with Crippen LogP contribution < -0.4 is 5.43 Å². The second-order valence-electron chi connectivity index (χ2n) is 8.83. The molecule has 168 valence electrons. The van der Waals surface area contributed by atoms with Crippen molar-refractivity contribution in [3.63, 3.8) is 0 Å². The fraction of sp³-hybridized carbons (Fsp3) is 0.545. The van der Waals surface area contributed by atoms with Crippen molar-refractivity contribution < 1.29 is 17.9 Å². The standard InChI is InChI=1S/C22H29N3O5S/c1-15-10-16(2)13-24(12-15)22(27)19-14-23(3)20-5-4-17(11-18(20)21(19)26)31(28,29)25-6-8-30-9-7-25/h4-5,11,14-16H,6-10,12-13H2,1-3H3. The number of hydrogen-bond acceptors (Lipinski definition) is 5. The van der Waals surface area contributed by atoms with Crippen LogP contribution in [-0.2, 0) is 21.8 Å². The molecule has 1 aromatic carbocycles. The monoisotopic (exact) mass is 447 g/mol. The maximum absolute atomic E-state index is 13.3. The summed E-state index contributed by atoms with van der Waals surface area (Å²) in [5.41, 5.74) is 0.239. The lowest BCUT2D eigenvalue weighted by Gasteiger charge is -2.35. The third-order valence-corrected chi connectivity index (χ3v) is 8.05. The minimum Gasteiger partial charge on any atom is -0.379 e. The number of aryl methyl sites for hydroxylation is 1. The van der Waals surface area contributed by atoms with Crippen LogP contribution in [0.3, 0.4) is 0 Å². The number of rotatable bonds is 3. The number of piperidine rings is 1. The number of pyridine rings is 1. The van der Waals surface area contributed by atoms with Crippen LogP contribution in [-0.4, -0.2) is 67.5 Å². The molecule has 2 atom stereocenters. The first-order valence-corrected chi connectivity index (χ1v) is 12.1. The van der Waals surface area contributed by atoms with Crippen LogP contribution in [0.1, 0.15) is 30.6 Å². The average Bonchev–Trinajstić information content (AvgIpc) is 2.75. The van der Waals surface area contributed by atoms with Gasteiger partial charge in [-0.2, -0.15) is 4.31 Å².